The molecule has 0 radical (unpaired) electrons. The number of para-hydroxylation sites is 1. The van der Waals surface area contributed by atoms with Crippen molar-refractivity contribution < 1.29 is 4.79 Å². The summed E-state index contributed by atoms with van der Waals surface area (Å²) >= 11 is 0. The smallest absolute Gasteiger partial charge is 0.266 e. The molecular formula is C19H17N3O2. The molecule has 24 heavy (non-hydrogen) atoms. The summed E-state index contributed by atoms with van der Waals surface area (Å²) in [5.74, 6) is 0.0259. The molecule has 120 valence electrons. The molecule has 0 N–H and O–H groups in total. The summed E-state index contributed by atoms with van der Waals surface area (Å²) in [5, 5.41) is 0.526. The van der Waals surface area contributed by atoms with Gasteiger partial charge in [0.15, 0.2) is 5.82 Å². The van der Waals surface area contributed by atoms with Crippen molar-refractivity contribution >= 4 is 16.7 Å². The van der Waals surface area contributed by atoms with Crippen molar-refractivity contribution in [2.75, 3.05) is 20.6 Å². The standard InChI is InChI=1S/C19H17N3O2/c1-21(2)10-9-12-7-8-16-14(11-12)17(23)18-20-15-6-4-3-5-13(15)19(24)22(16)18/h3-8,11H,9-10H2,1-2H3. The lowest BCUT2D eigenvalue weighted by Gasteiger charge is -2.10. The highest BCUT2D eigenvalue weighted by molar-refractivity contribution is 6.13. The van der Waals surface area contributed by atoms with E-state index in [2.05, 4.69) is 9.88 Å². The fourth-order valence-electron chi connectivity index (χ4n) is 3.10. The number of carbonyl (C=O) groups is 1. The van der Waals surface area contributed by atoms with E-state index in [0.717, 1.165) is 18.5 Å². The minimum Gasteiger partial charge on any atom is -0.309 e. The third-order valence-corrected chi connectivity index (χ3v) is 4.37. The van der Waals surface area contributed by atoms with Gasteiger partial charge in [0.25, 0.3) is 5.56 Å². The zero-order valence-electron chi connectivity index (χ0n) is 13.6. The van der Waals surface area contributed by atoms with Crippen molar-refractivity contribution in [3.63, 3.8) is 0 Å². The van der Waals surface area contributed by atoms with E-state index in [1.165, 1.54) is 4.57 Å². The number of fused-ring (bicyclic) bond motifs is 4. The van der Waals surface area contributed by atoms with Crippen LogP contribution in [0.5, 0.6) is 0 Å². The summed E-state index contributed by atoms with van der Waals surface area (Å²) in [4.78, 5) is 32.1. The Kier molecular flexibility index (Phi) is 3.32. The lowest BCUT2D eigenvalue weighted by Crippen LogP contribution is -2.21. The molecular weight excluding hydrogens is 302 g/mol. The van der Waals surface area contributed by atoms with Crippen LogP contribution in [0.15, 0.2) is 47.3 Å². The van der Waals surface area contributed by atoms with Gasteiger partial charge in [0.05, 0.1) is 22.2 Å². The summed E-state index contributed by atoms with van der Waals surface area (Å²) in [6.07, 6.45) is 0.855. The lowest BCUT2D eigenvalue weighted by molar-refractivity contribution is 0.103. The maximum atomic E-state index is 12.8. The number of hydrogen-bond acceptors (Lipinski definition) is 4. The highest BCUT2D eigenvalue weighted by Crippen LogP contribution is 2.27. The van der Waals surface area contributed by atoms with Gasteiger partial charge in [0.1, 0.15) is 0 Å². The Morgan fingerprint density at radius 3 is 2.67 bits per heavy atom. The molecule has 2 aromatic carbocycles. The molecule has 5 heteroatoms. The molecule has 4 rings (SSSR count). The van der Waals surface area contributed by atoms with Crippen LogP contribution in [0.3, 0.4) is 0 Å². The molecule has 0 bridgehead atoms. The second kappa shape index (κ2) is 5.39. The van der Waals surface area contributed by atoms with E-state index in [1.54, 1.807) is 18.2 Å². The van der Waals surface area contributed by atoms with E-state index in [1.807, 2.05) is 38.4 Å². The van der Waals surface area contributed by atoms with Gasteiger partial charge in [0, 0.05) is 6.54 Å². The topological polar surface area (TPSA) is 55.2 Å². The Labute approximate surface area is 139 Å². The van der Waals surface area contributed by atoms with Gasteiger partial charge in [-0.15, -0.1) is 0 Å². The summed E-state index contributed by atoms with van der Waals surface area (Å²) in [6, 6.07) is 12.8. The minimum atomic E-state index is -0.191. The monoisotopic (exact) mass is 319 g/mol. The summed E-state index contributed by atoms with van der Waals surface area (Å²) in [6.45, 7) is 0.905. The molecule has 0 spiro atoms. The molecule has 1 aromatic heterocycles. The van der Waals surface area contributed by atoms with Gasteiger partial charge in [-0.3, -0.25) is 14.2 Å². The number of carbonyl (C=O) groups excluding carboxylic acids is 1. The number of rotatable bonds is 3. The van der Waals surface area contributed by atoms with Crippen LogP contribution in [0.2, 0.25) is 0 Å². The second-order valence-electron chi connectivity index (χ2n) is 6.33. The van der Waals surface area contributed by atoms with Crippen molar-refractivity contribution in [2.45, 2.75) is 6.42 Å². The Hall–Kier alpha value is -2.79. The molecule has 0 unspecified atom stereocenters. The highest BCUT2D eigenvalue weighted by Gasteiger charge is 2.30. The SMILES string of the molecule is CN(C)CCc1ccc2c(c1)C(=O)c1nc3ccccc3c(=O)n1-2. The number of hydrogen-bond donors (Lipinski definition) is 0. The molecule has 1 aliphatic heterocycles. The Morgan fingerprint density at radius 2 is 1.88 bits per heavy atom. The predicted molar refractivity (Wildman–Crippen MR) is 93.0 cm³/mol. The lowest BCUT2D eigenvalue weighted by atomic mass is 10.0. The van der Waals surface area contributed by atoms with Crippen molar-refractivity contribution in [3.05, 3.63) is 69.8 Å². The fourth-order valence-corrected chi connectivity index (χ4v) is 3.10. The van der Waals surface area contributed by atoms with Gasteiger partial charge >= 0.3 is 0 Å². The first-order valence-corrected chi connectivity index (χ1v) is 7.91. The molecule has 0 fully saturated rings. The average Bonchev–Trinajstić information content (AvgIpc) is 2.86. The van der Waals surface area contributed by atoms with Gasteiger partial charge in [-0.25, -0.2) is 4.98 Å². The zero-order chi connectivity index (χ0) is 16.8. The Morgan fingerprint density at radius 1 is 1.08 bits per heavy atom. The van der Waals surface area contributed by atoms with Crippen LogP contribution in [0.1, 0.15) is 21.7 Å². The number of benzene rings is 2. The van der Waals surface area contributed by atoms with Crippen molar-refractivity contribution in [3.8, 4) is 5.69 Å². The van der Waals surface area contributed by atoms with E-state index < -0.39 is 0 Å². The predicted octanol–water partition coefficient (Wildman–Crippen LogP) is 2.03. The fraction of sp³-hybridized carbons (Fsp3) is 0.211. The van der Waals surface area contributed by atoms with Gasteiger partial charge in [-0.2, -0.15) is 0 Å². The molecule has 1 aliphatic rings. The van der Waals surface area contributed by atoms with Crippen molar-refractivity contribution in [1.29, 1.82) is 0 Å². The van der Waals surface area contributed by atoms with E-state index >= 15 is 0 Å². The quantitative estimate of drug-likeness (QED) is 0.580. The molecule has 0 saturated heterocycles. The number of nitrogens with zero attached hydrogens (tertiary/aromatic N) is 3. The van der Waals surface area contributed by atoms with Crippen molar-refractivity contribution in [1.82, 2.24) is 14.5 Å². The average molecular weight is 319 g/mol. The largest absolute Gasteiger partial charge is 0.309 e. The van der Waals surface area contributed by atoms with Crippen LogP contribution < -0.4 is 5.56 Å². The van der Waals surface area contributed by atoms with Gasteiger partial charge < -0.3 is 4.90 Å². The minimum absolute atomic E-state index is 0.181. The van der Waals surface area contributed by atoms with Gasteiger partial charge in [0.2, 0.25) is 5.78 Å². The first-order valence-electron chi connectivity index (χ1n) is 7.91. The normalized spacial score (nSPS) is 12.7. The van der Waals surface area contributed by atoms with Crippen molar-refractivity contribution in [2.24, 2.45) is 0 Å². The third-order valence-electron chi connectivity index (χ3n) is 4.37. The molecule has 3 aromatic rings. The Balaban J connectivity index is 1.88. The molecule has 0 amide bonds. The van der Waals surface area contributed by atoms with Crippen LogP contribution in [-0.2, 0) is 6.42 Å². The maximum Gasteiger partial charge on any atom is 0.266 e. The summed E-state index contributed by atoms with van der Waals surface area (Å²) in [5.41, 5.74) is 2.64. The number of aromatic nitrogens is 2. The van der Waals surface area contributed by atoms with Crippen LogP contribution in [0.25, 0.3) is 16.6 Å². The number of likely N-dealkylation sites (N-methyl/N-ethyl adjacent to an activating group) is 1. The third kappa shape index (κ3) is 2.17. The molecule has 5 nitrogen and oxygen atoms in total. The number of ketones is 1. The molecule has 2 heterocycles. The van der Waals surface area contributed by atoms with Crippen LogP contribution in [0.4, 0.5) is 0 Å². The van der Waals surface area contributed by atoms with E-state index in [-0.39, 0.29) is 17.2 Å². The first kappa shape index (κ1) is 14.8. The van der Waals surface area contributed by atoms with Crippen LogP contribution in [0, 0.1) is 0 Å². The van der Waals surface area contributed by atoms with Gasteiger partial charge in [-0.05, 0) is 50.3 Å². The van der Waals surface area contributed by atoms with Crippen LogP contribution in [-0.4, -0.2) is 40.9 Å². The molecule has 0 saturated carbocycles. The molecule has 0 aliphatic carbocycles. The highest BCUT2D eigenvalue weighted by atomic mass is 16.1. The second-order valence-corrected chi connectivity index (χ2v) is 6.33. The van der Waals surface area contributed by atoms with E-state index in [9.17, 15) is 9.59 Å². The van der Waals surface area contributed by atoms with Gasteiger partial charge in [-0.1, -0.05) is 18.2 Å². The summed E-state index contributed by atoms with van der Waals surface area (Å²) in [7, 11) is 4.03. The van der Waals surface area contributed by atoms with E-state index in [0.29, 0.717) is 22.2 Å². The maximum absolute atomic E-state index is 12.8. The Bertz CT molecular complexity index is 1030. The summed E-state index contributed by atoms with van der Waals surface area (Å²) < 4.78 is 1.44. The molecule has 0 atom stereocenters. The zero-order valence-corrected chi connectivity index (χ0v) is 13.6. The van der Waals surface area contributed by atoms with Crippen LogP contribution >= 0.6 is 0 Å². The van der Waals surface area contributed by atoms with E-state index in [4.69, 9.17) is 0 Å². The first-order chi connectivity index (χ1) is 11.6.